The van der Waals surface area contributed by atoms with E-state index in [1.807, 2.05) is 13.8 Å². The summed E-state index contributed by atoms with van der Waals surface area (Å²) in [5.74, 6) is 0. The fraction of sp³-hybridized carbons (Fsp3) is 0.778. The number of ether oxygens (including phenoxy) is 1. The number of carbonyl (C=O) groups excluding carboxylic acids is 1. The summed E-state index contributed by atoms with van der Waals surface area (Å²) in [4.78, 5) is 11.0. The topological polar surface area (TPSA) is 50.4 Å². The fourth-order valence-corrected chi connectivity index (χ4v) is 0.906. The zero-order chi connectivity index (χ0) is 10.8. The summed E-state index contributed by atoms with van der Waals surface area (Å²) in [6.07, 6.45) is 2.37. The zero-order valence-corrected chi connectivity index (χ0v) is 9.58. The van der Waals surface area contributed by atoms with Crippen molar-refractivity contribution < 1.29 is 9.53 Å². The molecule has 4 nitrogen and oxygen atoms in total. The van der Waals surface area contributed by atoms with Crippen LogP contribution in [0.5, 0.6) is 0 Å². The highest BCUT2D eigenvalue weighted by Gasteiger charge is 2.03. The Labute approximate surface area is 90.4 Å². The molecule has 14 heavy (non-hydrogen) atoms. The predicted octanol–water partition coefficient (Wildman–Crippen LogP) is 1.80. The van der Waals surface area contributed by atoms with Crippen molar-refractivity contribution >= 4 is 23.4 Å². The smallest absolute Gasteiger partial charge is 0.413 e. The van der Waals surface area contributed by atoms with Crippen LogP contribution in [0.15, 0.2) is 0 Å². The van der Waals surface area contributed by atoms with E-state index in [0.717, 1.165) is 25.8 Å². The SMILES string of the molecule is CCCCOC(=O)NC(=S)NCCC. The quantitative estimate of drug-likeness (QED) is 0.545. The van der Waals surface area contributed by atoms with E-state index in [9.17, 15) is 4.79 Å². The molecule has 5 heteroatoms. The maximum absolute atomic E-state index is 11.0. The maximum atomic E-state index is 11.0. The van der Waals surface area contributed by atoms with Gasteiger partial charge in [-0.1, -0.05) is 20.3 Å². The Balaban J connectivity index is 3.45. The molecule has 0 atom stereocenters. The molecule has 0 rings (SSSR count). The van der Waals surface area contributed by atoms with E-state index in [2.05, 4.69) is 10.6 Å². The molecule has 0 fully saturated rings. The van der Waals surface area contributed by atoms with Crippen LogP contribution in [0.3, 0.4) is 0 Å². The molecule has 2 N–H and O–H groups in total. The molecule has 0 saturated carbocycles. The van der Waals surface area contributed by atoms with Gasteiger partial charge in [0.05, 0.1) is 6.61 Å². The van der Waals surface area contributed by atoms with Gasteiger partial charge in [0.15, 0.2) is 5.11 Å². The first-order chi connectivity index (χ1) is 6.70. The second-order valence-corrected chi connectivity index (χ2v) is 3.28. The van der Waals surface area contributed by atoms with Crippen LogP contribution in [-0.4, -0.2) is 24.4 Å². The van der Waals surface area contributed by atoms with Gasteiger partial charge in [0.1, 0.15) is 0 Å². The molecule has 0 aromatic rings. The van der Waals surface area contributed by atoms with E-state index in [-0.39, 0.29) is 0 Å². The average molecular weight is 218 g/mol. The number of hydrogen-bond donors (Lipinski definition) is 2. The van der Waals surface area contributed by atoms with Crippen molar-refractivity contribution in [1.29, 1.82) is 0 Å². The Morgan fingerprint density at radius 1 is 1.36 bits per heavy atom. The first-order valence-electron chi connectivity index (χ1n) is 4.92. The van der Waals surface area contributed by atoms with Gasteiger partial charge >= 0.3 is 6.09 Å². The second kappa shape index (κ2) is 8.74. The molecule has 0 unspecified atom stereocenters. The van der Waals surface area contributed by atoms with Crippen molar-refractivity contribution in [2.75, 3.05) is 13.2 Å². The van der Waals surface area contributed by atoms with Crippen molar-refractivity contribution in [3.63, 3.8) is 0 Å². The van der Waals surface area contributed by atoms with Crippen molar-refractivity contribution in [3.05, 3.63) is 0 Å². The number of nitrogens with one attached hydrogen (secondary N) is 2. The van der Waals surface area contributed by atoms with Crippen LogP contribution in [0.25, 0.3) is 0 Å². The first-order valence-corrected chi connectivity index (χ1v) is 5.33. The molecular formula is C9H18N2O2S. The van der Waals surface area contributed by atoms with E-state index in [4.69, 9.17) is 17.0 Å². The van der Waals surface area contributed by atoms with Crippen LogP contribution < -0.4 is 10.6 Å². The lowest BCUT2D eigenvalue weighted by atomic mass is 10.4. The summed E-state index contributed by atoms with van der Waals surface area (Å²) in [5, 5.41) is 5.63. The normalized spacial score (nSPS) is 9.29. The highest BCUT2D eigenvalue weighted by Crippen LogP contribution is 1.88. The third kappa shape index (κ3) is 7.79. The van der Waals surface area contributed by atoms with Crippen LogP contribution in [0.1, 0.15) is 33.1 Å². The van der Waals surface area contributed by atoms with E-state index in [1.165, 1.54) is 0 Å². The van der Waals surface area contributed by atoms with Gasteiger partial charge in [-0.2, -0.15) is 0 Å². The van der Waals surface area contributed by atoms with E-state index < -0.39 is 6.09 Å². The Hall–Kier alpha value is -0.840. The second-order valence-electron chi connectivity index (χ2n) is 2.87. The maximum Gasteiger partial charge on any atom is 0.413 e. The largest absolute Gasteiger partial charge is 0.449 e. The molecule has 0 radical (unpaired) electrons. The highest BCUT2D eigenvalue weighted by atomic mass is 32.1. The van der Waals surface area contributed by atoms with Crippen LogP contribution in [0.4, 0.5) is 4.79 Å². The molecule has 0 saturated heterocycles. The predicted molar refractivity (Wildman–Crippen MR) is 60.3 cm³/mol. The van der Waals surface area contributed by atoms with Crippen molar-refractivity contribution in [3.8, 4) is 0 Å². The van der Waals surface area contributed by atoms with Crippen LogP contribution in [-0.2, 0) is 4.74 Å². The van der Waals surface area contributed by atoms with Gasteiger partial charge in [-0.15, -0.1) is 0 Å². The number of unbranched alkanes of at least 4 members (excludes halogenated alkanes) is 1. The number of thiocarbonyl (C=S) groups is 1. The Bertz CT molecular complexity index is 186. The number of rotatable bonds is 5. The van der Waals surface area contributed by atoms with Gasteiger partial charge in [-0.25, -0.2) is 4.79 Å². The van der Waals surface area contributed by atoms with Gasteiger partial charge in [-0.05, 0) is 25.1 Å². The minimum absolute atomic E-state index is 0.327. The number of hydrogen-bond acceptors (Lipinski definition) is 3. The lowest BCUT2D eigenvalue weighted by Gasteiger charge is -2.08. The standard InChI is InChI=1S/C9H18N2O2S/c1-3-5-7-13-9(12)11-8(14)10-6-4-2/h3-7H2,1-2H3,(H2,10,11,12,14). The number of carbonyl (C=O) groups is 1. The molecule has 82 valence electrons. The number of amides is 1. The molecule has 1 amide bonds. The Morgan fingerprint density at radius 3 is 2.64 bits per heavy atom. The van der Waals surface area contributed by atoms with Crippen LogP contribution >= 0.6 is 12.2 Å². The summed E-state index contributed by atoms with van der Waals surface area (Å²) in [6, 6.07) is 0. The van der Waals surface area contributed by atoms with Crippen molar-refractivity contribution in [2.24, 2.45) is 0 Å². The highest BCUT2D eigenvalue weighted by molar-refractivity contribution is 7.80. The summed E-state index contributed by atoms with van der Waals surface area (Å²) >= 11 is 4.85. The lowest BCUT2D eigenvalue weighted by molar-refractivity contribution is 0.150. The van der Waals surface area contributed by atoms with Gasteiger partial charge < -0.3 is 10.1 Å². The van der Waals surface area contributed by atoms with E-state index in [1.54, 1.807) is 0 Å². The molecular weight excluding hydrogens is 200 g/mol. The minimum Gasteiger partial charge on any atom is -0.449 e. The molecule has 0 aliphatic carbocycles. The summed E-state index contributed by atoms with van der Waals surface area (Å²) < 4.78 is 4.86. The third-order valence-corrected chi connectivity index (χ3v) is 1.73. The summed E-state index contributed by atoms with van der Waals surface area (Å²) in [6.45, 7) is 5.26. The lowest BCUT2D eigenvalue weighted by Crippen LogP contribution is -2.39. The van der Waals surface area contributed by atoms with Crippen LogP contribution in [0.2, 0.25) is 0 Å². The molecule has 0 aliphatic heterocycles. The van der Waals surface area contributed by atoms with Gasteiger partial charge in [0.25, 0.3) is 0 Å². The van der Waals surface area contributed by atoms with Gasteiger partial charge in [0, 0.05) is 6.54 Å². The molecule has 0 spiro atoms. The van der Waals surface area contributed by atoms with Gasteiger partial charge in [0.2, 0.25) is 0 Å². The molecule has 0 aromatic carbocycles. The van der Waals surface area contributed by atoms with Gasteiger partial charge in [-0.3, -0.25) is 5.32 Å². The Morgan fingerprint density at radius 2 is 2.07 bits per heavy atom. The molecule has 0 aliphatic rings. The van der Waals surface area contributed by atoms with Crippen LogP contribution in [0, 0.1) is 0 Å². The Kier molecular flexibility index (Phi) is 8.22. The summed E-state index contributed by atoms with van der Waals surface area (Å²) in [7, 11) is 0. The minimum atomic E-state index is -0.480. The summed E-state index contributed by atoms with van der Waals surface area (Å²) in [5.41, 5.74) is 0. The fourth-order valence-electron chi connectivity index (χ4n) is 0.721. The van der Waals surface area contributed by atoms with E-state index in [0.29, 0.717) is 11.7 Å². The average Bonchev–Trinajstić information content (AvgIpc) is 2.15. The third-order valence-electron chi connectivity index (χ3n) is 1.48. The molecule has 0 aromatic heterocycles. The molecule has 0 bridgehead atoms. The van der Waals surface area contributed by atoms with Crippen molar-refractivity contribution in [2.45, 2.75) is 33.1 Å². The number of alkyl carbamates (subject to hydrolysis) is 1. The monoisotopic (exact) mass is 218 g/mol. The molecule has 0 heterocycles. The zero-order valence-electron chi connectivity index (χ0n) is 8.76. The van der Waals surface area contributed by atoms with Crippen molar-refractivity contribution in [1.82, 2.24) is 10.6 Å². The first kappa shape index (κ1) is 13.2. The van der Waals surface area contributed by atoms with E-state index >= 15 is 0 Å².